The fourth-order valence-corrected chi connectivity index (χ4v) is 2.89. The van der Waals surface area contributed by atoms with Crippen molar-refractivity contribution in [2.75, 3.05) is 12.4 Å². The fraction of sp³-hybridized carbons (Fsp3) is 0.300. The van der Waals surface area contributed by atoms with Gasteiger partial charge in [0.25, 0.3) is 0 Å². The van der Waals surface area contributed by atoms with E-state index in [0.717, 1.165) is 28.8 Å². The number of nitrogens with one attached hydrogen (secondary N) is 3. The molecule has 0 aliphatic carbocycles. The van der Waals surface area contributed by atoms with E-state index in [0.29, 0.717) is 10.9 Å². The monoisotopic (exact) mass is 371 g/mol. The zero-order valence-corrected chi connectivity index (χ0v) is 16.4. The molecule has 0 aromatic heterocycles. The Morgan fingerprint density at radius 1 is 1.12 bits per heavy atom. The zero-order chi connectivity index (χ0) is 19.1. The van der Waals surface area contributed by atoms with Crippen molar-refractivity contribution >= 4 is 28.9 Å². The Morgan fingerprint density at radius 2 is 1.88 bits per heavy atom. The molecule has 0 aliphatic rings. The van der Waals surface area contributed by atoms with Gasteiger partial charge in [0, 0.05) is 11.3 Å². The van der Waals surface area contributed by atoms with Crippen molar-refractivity contribution in [3.05, 3.63) is 58.7 Å². The molecule has 2 rings (SSSR count). The second-order valence-electron chi connectivity index (χ2n) is 6.08. The molecule has 26 heavy (non-hydrogen) atoms. The first-order valence-corrected chi connectivity index (χ1v) is 8.93. The molecule has 0 bridgehead atoms. The lowest BCUT2D eigenvalue weighted by atomic mass is 10.1. The first kappa shape index (κ1) is 19.7. The van der Waals surface area contributed by atoms with Crippen LogP contribution in [0.3, 0.4) is 0 Å². The average molecular weight is 372 g/mol. The van der Waals surface area contributed by atoms with Crippen molar-refractivity contribution in [2.24, 2.45) is 0 Å². The standard InChI is InChI=1S/C20H25N3O2S/c1-5-15-8-6-7-14(3)19(15)21-20(26)23-22-18(24)12-16-11-13(2)9-10-17(16)25-4/h6-11H,5,12H2,1-4H3,(H,22,24)(H2,21,23,26). The highest BCUT2D eigenvalue weighted by atomic mass is 32.1. The predicted octanol–water partition coefficient (Wildman–Crippen LogP) is 3.43. The number of ether oxygens (including phenoxy) is 1. The largest absolute Gasteiger partial charge is 0.496 e. The van der Waals surface area contributed by atoms with Gasteiger partial charge in [0.05, 0.1) is 13.5 Å². The Balaban J connectivity index is 1.94. The van der Waals surface area contributed by atoms with Gasteiger partial charge in [0.1, 0.15) is 5.75 Å². The highest BCUT2D eigenvalue weighted by molar-refractivity contribution is 7.80. The molecule has 5 nitrogen and oxygen atoms in total. The van der Waals surface area contributed by atoms with E-state index in [1.165, 1.54) is 5.56 Å². The SMILES string of the molecule is CCc1cccc(C)c1NC(=S)NNC(=O)Cc1cc(C)ccc1OC. The number of hydrazine groups is 1. The van der Waals surface area contributed by atoms with Crippen molar-refractivity contribution in [1.82, 2.24) is 10.9 Å². The predicted molar refractivity (Wildman–Crippen MR) is 109 cm³/mol. The lowest BCUT2D eigenvalue weighted by molar-refractivity contribution is -0.121. The molecular formula is C20H25N3O2S. The van der Waals surface area contributed by atoms with Crippen LogP contribution in [-0.4, -0.2) is 18.1 Å². The molecule has 2 aromatic carbocycles. The molecule has 0 atom stereocenters. The van der Waals surface area contributed by atoms with Crippen molar-refractivity contribution in [2.45, 2.75) is 33.6 Å². The Morgan fingerprint density at radius 3 is 2.58 bits per heavy atom. The lowest BCUT2D eigenvalue weighted by Crippen LogP contribution is -2.44. The Hall–Kier alpha value is -2.60. The van der Waals surface area contributed by atoms with Gasteiger partial charge in [-0.15, -0.1) is 0 Å². The van der Waals surface area contributed by atoms with Crippen molar-refractivity contribution in [1.29, 1.82) is 0 Å². The first-order chi connectivity index (χ1) is 12.4. The molecule has 0 saturated carbocycles. The summed E-state index contributed by atoms with van der Waals surface area (Å²) in [5.41, 5.74) is 10.5. The number of thiocarbonyl (C=S) groups is 1. The summed E-state index contributed by atoms with van der Waals surface area (Å²) in [5, 5.41) is 3.51. The number of carbonyl (C=O) groups is 1. The Labute approximate surface area is 160 Å². The Bertz CT molecular complexity index is 806. The molecule has 0 radical (unpaired) electrons. The van der Waals surface area contributed by atoms with Crippen molar-refractivity contribution in [3.63, 3.8) is 0 Å². The summed E-state index contributed by atoms with van der Waals surface area (Å²) in [6.45, 7) is 6.09. The summed E-state index contributed by atoms with van der Waals surface area (Å²) in [6, 6.07) is 11.9. The molecule has 0 aliphatic heterocycles. The van der Waals surface area contributed by atoms with Crippen LogP contribution >= 0.6 is 12.2 Å². The second kappa shape index (κ2) is 9.20. The molecule has 2 aromatic rings. The number of amides is 1. The third-order valence-electron chi connectivity index (χ3n) is 4.08. The average Bonchev–Trinajstić information content (AvgIpc) is 2.62. The van der Waals surface area contributed by atoms with E-state index in [1.807, 2.05) is 44.2 Å². The van der Waals surface area contributed by atoms with Gasteiger partial charge in [0.2, 0.25) is 5.91 Å². The molecule has 6 heteroatoms. The van der Waals surface area contributed by atoms with Gasteiger partial charge < -0.3 is 10.1 Å². The number of carbonyl (C=O) groups excluding carboxylic acids is 1. The van der Waals surface area contributed by atoms with Crippen LogP contribution in [0.25, 0.3) is 0 Å². The molecule has 0 fully saturated rings. The van der Waals surface area contributed by atoms with Crippen LogP contribution in [0, 0.1) is 13.8 Å². The van der Waals surface area contributed by atoms with Crippen LogP contribution < -0.4 is 20.9 Å². The van der Waals surface area contributed by atoms with Crippen LogP contribution in [0.2, 0.25) is 0 Å². The van der Waals surface area contributed by atoms with Crippen molar-refractivity contribution in [3.8, 4) is 5.75 Å². The smallest absolute Gasteiger partial charge is 0.242 e. The molecule has 1 amide bonds. The molecule has 0 unspecified atom stereocenters. The first-order valence-electron chi connectivity index (χ1n) is 8.52. The molecule has 3 N–H and O–H groups in total. The fourth-order valence-electron chi connectivity index (χ4n) is 2.74. The second-order valence-corrected chi connectivity index (χ2v) is 6.49. The van der Waals surface area contributed by atoms with Gasteiger partial charge in [-0.25, -0.2) is 0 Å². The van der Waals surface area contributed by atoms with Crippen LogP contribution in [0.15, 0.2) is 36.4 Å². The summed E-state index contributed by atoms with van der Waals surface area (Å²) in [6.07, 6.45) is 1.09. The number of hydrogen-bond acceptors (Lipinski definition) is 3. The van der Waals surface area contributed by atoms with E-state index in [1.54, 1.807) is 7.11 Å². The van der Waals surface area contributed by atoms with Gasteiger partial charge in [-0.1, -0.05) is 42.8 Å². The molecule has 0 heterocycles. The number of hydrogen-bond donors (Lipinski definition) is 3. The quantitative estimate of drug-likeness (QED) is 0.555. The van der Waals surface area contributed by atoms with E-state index in [-0.39, 0.29) is 12.3 Å². The molecule has 0 saturated heterocycles. The molecule has 138 valence electrons. The minimum atomic E-state index is -0.196. The Kier molecular flexibility index (Phi) is 6.97. The van der Waals surface area contributed by atoms with Crippen LogP contribution in [0.5, 0.6) is 5.75 Å². The van der Waals surface area contributed by atoms with Gasteiger partial charge >= 0.3 is 0 Å². The summed E-state index contributed by atoms with van der Waals surface area (Å²) in [7, 11) is 1.59. The minimum absolute atomic E-state index is 0.196. The number of methoxy groups -OCH3 is 1. The maximum atomic E-state index is 12.2. The van der Waals surface area contributed by atoms with Gasteiger partial charge in [0.15, 0.2) is 5.11 Å². The normalized spacial score (nSPS) is 10.2. The highest BCUT2D eigenvalue weighted by Crippen LogP contribution is 2.21. The number of rotatable bonds is 5. The number of para-hydroxylation sites is 1. The third-order valence-corrected chi connectivity index (χ3v) is 4.29. The van der Waals surface area contributed by atoms with E-state index in [2.05, 4.69) is 29.2 Å². The van der Waals surface area contributed by atoms with Crippen molar-refractivity contribution < 1.29 is 9.53 Å². The summed E-state index contributed by atoms with van der Waals surface area (Å²) in [4.78, 5) is 12.2. The van der Waals surface area contributed by atoms with Gasteiger partial charge in [-0.2, -0.15) is 0 Å². The zero-order valence-electron chi connectivity index (χ0n) is 15.6. The summed E-state index contributed by atoms with van der Waals surface area (Å²) < 4.78 is 5.31. The van der Waals surface area contributed by atoms with Crippen LogP contribution in [0.1, 0.15) is 29.2 Å². The van der Waals surface area contributed by atoms with Gasteiger partial charge in [-0.05, 0) is 49.7 Å². The third kappa shape index (κ3) is 5.20. The highest BCUT2D eigenvalue weighted by Gasteiger charge is 2.10. The molecular weight excluding hydrogens is 346 g/mol. The molecule has 0 spiro atoms. The maximum Gasteiger partial charge on any atom is 0.242 e. The number of aryl methyl sites for hydroxylation is 3. The van der Waals surface area contributed by atoms with E-state index < -0.39 is 0 Å². The van der Waals surface area contributed by atoms with Crippen LogP contribution in [-0.2, 0) is 17.6 Å². The summed E-state index contributed by atoms with van der Waals surface area (Å²) in [5.74, 6) is 0.498. The minimum Gasteiger partial charge on any atom is -0.496 e. The van der Waals surface area contributed by atoms with Gasteiger partial charge in [-0.3, -0.25) is 15.6 Å². The topological polar surface area (TPSA) is 62.4 Å². The number of benzene rings is 2. The van der Waals surface area contributed by atoms with Crippen LogP contribution in [0.4, 0.5) is 5.69 Å². The van der Waals surface area contributed by atoms with E-state index in [4.69, 9.17) is 17.0 Å². The lowest BCUT2D eigenvalue weighted by Gasteiger charge is -2.16. The maximum absolute atomic E-state index is 12.2. The summed E-state index contributed by atoms with van der Waals surface area (Å²) >= 11 is 5.29. The number of anilines is 1. The van der Waals surface area contributed by atoms with E-state index in [9.17, 15) is 4.79 Å². The van der Waals surface area contributed by atoms with E-state index >= 15 is 0 Å².